The van der Waals surface area contributed by atoms with E-state index >= 15 is 0 Å². The van der Waals surface area contributed by atoms with E-state index in [1.165, 1.54) is 95.4 Å². The van der Waals surface area contributed by atoms with Gasteiger partial charge in [0, 0.05) is 0 Å². The number of unbranched alkanes of at least 4 members (excludes halogenated alkanes) is 15. The van der Waals surface area contributed by atoms with Crippen LogP contribution in [0.1, 0.15) is 110 Å². The lowest BCUT2D eigenvalue weighted by molar-refractivity contribution is 0.0878. The van der Waals surface area contributed by atoms with Crippen molar-refractivity contribution >= 4 is 6.09 Å². The van der Waals surface area contributed by atoms with Crippen molar-refractivity contribution in [3.8, 4) is 0 Å². The molecular weight excluding hydrogens is 290 g/mol. The predicted octanol–water partition coefficient (Wildman–Crippen LogP) is 6.36. The first-order chi connectivity index (χ1) is 11.3. The normalized spacial score (nSPS) is 10.7. The molecule has 0 unspecified atom stereocenters. The van der Waals surface area contributed by atoms with Crippen LogP contribution in [-0.4, -0.2) is 17.9 Å². The van der Waals surface area contributed by atoms with E-state index in [0.717, 1.165) is 12.8 Å². The van der Waals surface area contributed by atoms with Gasteiger partial charge in [0.1, 0.15) is 0 Å². The first kappa shape index (κ1) is 22.2. The Labute approximate surface area is 143 Å². The maximum Gasteiger partial charge on any atom is 0.431 e. The zero-order valence-electron chi connectivity index (χ0n) is 15.3. The van der Waals surface area contributed by atoms with E-state index in [4.69, 9.17) is 9.94 Å². The second kappa shape index (κ2) is 19.3. The summed E-state index contributed by atoms with van der Waals surface area (Å²) in [6.45, 7) is 2.67. The van der Waals surface area contributed by atoms with Gasteiger partial charge in [-0.2, -0.15) is 0 Å². The van der Waals surface area contributed by atoms with Crippen LogP contribution >= 0.6 is 0 Å². The van der Waals surface area contributed by atoms with Crippen LogP contribution in [0.25, 0.3) is 0 Å². The molecule has 0 saturated heterocycles. The number of carbonyl (C=O) groups is 1. The van der Waals surface area contributed by atoms with Crippen LogP contribution in [-0.2, 0) is 4.74 Å². The Morgan fingerprint density at radius 3 is 1.39 bits per heavy atom. The van der Waals surface area contributed by atoms with E-state index < -0.39 is 6.09 Å². The van der Waals surface area contributed by atoms with Gasteiger partial charge >= 0.3 is 6.09 Å². The minimum absolute atomic E-state index is 0.394. The van der Waals surface area contributed by atoms with Gasteiger partial charge in [0.05, 0.1) is 6.61 Å². The predicted molar refractivity (Wildman–Crippen MR) is 95.8 cm³/mol. The zero-order chi connectivity index (χ0) is 17.0. The van der Waals surface area contributed by atoms with Crippen LogP contribution in [0.4, 0.5) is 4.79 Å². The third-order valence-electron chi connectivity index (χ3n) is 4.32. The molecule has 0 aromatic rings. The molecule has 0 rings (SSSR count). The lowest BCUT2D eigenvalue weighted by Crippen LogP contribution is -2.20. The minimum Gasteiger partial charge on any atom is -0.448 e. The van der Waals surface area contributed by atoms with E-state index in [2.05, 4.69) is 6.92 Å². The average molecular weight is 330 g/mol. The van der Waals surface area contributed by atoms with E-state index in [1.54, 1.807) is 0 Å². The van der Waals surface area contributed by atoms with Crippen molar-refractivity contribution in [1.29, 1.82) is 0 Å². The summed E-state index contributed by atoms with van der Waals surface area (Å²) in [6.07, 6.45) is 20.5. The molecule has 0 bridgehead atoms. The largest absolute Gasteiger partial charge is 0.448 e. The monoisotopic (exact) mass is 329 g/mol. The molecule has 0 aromatic carbocycles. The Morgan fingerprint density at radius 2 is 1.04 bits per heavy atom. The lowest BCUT2D eigenvalue weighted by atomic mass is 10.0. The highest BCUT2D eigenvalue weighted by Crippen LogP contribution is 2.13. The van der Waals surface area contributed by atoms with Gasteiger partial charge in [0.25, 0.3) is 0 Å². The summed E-state index contributed by atoms with van der Waals surface area (Å²) < 4.78 is 4.71. The summed E-state index contributed by atoms with van der Waals surface area (Å²) in [7, 11) is 0. The molecular formula is C19H39NO3. The Kier molecular flexibility index (Phi) is 18.6. The molecule has 0 aliphatic carbocycles. The molecule has 2 N–H and O–H groups in total. The van der Waals surface area contributed by atoms with E-state index in [-0.39, 0.29) is 0 Å². The second-order valence-electron chi connectivity index (χ2n) is 6.55. The summed E-state index contributed by atoms with van der Waals surface area (Å²) in [5, 5.41) is 8.25. The smallest absolute Gasteiger partial charge is 0.431 e. The van der Waals surface area contributed by atoms with Crippen LogP contribution in [0.5, 0.6) is 0 Å². The molecule has 0 aliphatic heterocycles. The van der Waals surface area contributed by atoms with Crippen LogP contribution in [0.3, 0.4) is 0 Å². The molecule has 4 nitrogen and oxygen atoms in total. The Bertz CT molecular complexity index is 247. The first-order valence-corrected chi connectivity index (χ1v) is 9.88. The molecule has 138 valence electrons. The van der Waals surface area contributed by atoms with Crippen molar-refractivity contribution in [3.05, 3.63) is 0 Å². The van der Waals surface area contributed by atoms with Crippen molar-refractivity contribution in [3.63, 3.8) is 0 Å². The Hall–Kier alpha value is -0.770. The number of carbonyl (C=O) groups excluding carboxylic acids is 1. The summed E-state index contributed by atoms with van der Waals surface area (Å²) in [5.74, 6) is 0. The number of hydroxylamine groups is 1. The van der Waals surface area contributed by atoms with Crippen molar-refractivity contribution in [1.82, 2.24) is 5.48 Å². The number of hydrogen-bond acceptors (Lipinski definition) is 3. The standard InChI is InChI=1S/C19H39NO3/c1-2-3-4-5-6-7-8-9-10-11-12-13-14-15-16-17-18-23-19(21)20-22/h22H,2-18H2,1H3,(H,20,21). The molecule has 23 heavy (non-hydrogen) atoms. The number of nitrogens with one attached hydrogen (secondary N) is 1. The third-order valence-corrected chi connectivity index (χ3v) is 4.32. The quantitative estimate of drug-likeness (QED) is 0.185. The fourth-order valence-corrected chi connectivity index (χ4v) is 2.85. The number of rotatable bonds is 17. The minimum atomic E-state index is -0.758. The molecule has 0 atom stereocenters. The highest BCUT2D eigenvalue weighted by molar-refractivity contribution is 5.65. The van der Waals surface area contributed by atoms with Crippen molar-refractivity contribution in [2.75, 3.05) is 6.61 Å². The van der Waals surface area contributed by atoms with Crippen LogP contribution in [0.15, 0.2) is 0 Å². The SMILES string of the molecule is CCCCCCCCCCCCCCCCCCOC(=O)NO. The van der Waals surface area contributed by atoms with Gasteiger partial charge < -0.3 is 4.74 Å². The molecule has 0 spiro atoms. The van der Waals surface area contributed by atoms with Gasteiger partial charge in [-0.1, -0.05) is 103 Å². The van der Waals surface area contributed by atoms with Gasteiger partial charge in [-0.05, 0) is 6.42 Å². The molecule has 0 aromatic heterocycles. The Balaban J connectivity index is 2.99. The zero-order valence-corrected chi connectivity index (χ0v) is 15.3. The maximum atomic E-state index is 10.6. The molecule has 0 saturated carbocycles. The van der Waals surface area contributed by atoms with Crippen LogP contribution in [0, 0.1) is 0 Å². The molecule has 0 heterocycles. The highest BCUT2D eigenvalue weighted by Gasteiger charge is 1.98. The topological polar surface area (TPSA) is 58.6 Å². The van der Waals surface area contributed by atoms with Crippen LogP contribution in [0.2, 0.25) is 0 Å². The maximum absolute atomic E-state index is 10.6. The summed E-state index contributed by atoms with van der Waals surface area (Å²) >= 11 is 0. The second-order valence-corrected chi connectivity index (χ2v) is 6.55. The van der Waals surface area contributed by atoms with Gasteiger partial charge in [-0.3, -0.25) is 5.21 Å². The van der Waals surface area contributed by atoms with Gasteiger partial charge in [0.15, 0.2) is 0 Å². The fourth-order valence-electron chi connectivity index (χ4n) is 2.85. The van der Waals surface area contributed by atoms with E-state index in [1.807, 2.05) is 0 Å². The number of hydrogen-bond donors (Lipinski definition) is 2. The third kappa shape index (κ3) is 19.2. The molecule has 0 fully saturated rings. The highest BCUT2D eigenvalue weighted by atomic mass is 16.6. The van der Waals surface area contributed by atoms with Crippen molar-refractivity contribution in [2.24, 2.45) is 0 Å². The van der Waals surface area contributed by atoms with Gasteiger partial charge in [-0.25, -0.2) is 10.3 Å². The summed E-state index contributed by atoms with van der Waals surface area (Å²) in [4.78, 5) is 10.6. The van der Waals surface area contributed by atoms with Crippen LogP contribution < -0.4 is 5.48 Å². The molecule has 0 radical (unpaired) electrons. The Morgan fingerprint density at radius 1 is 0.696 bits per heavy atom. The number of amides is 1. The van der Waals surface area contributed by atoms with E-state index in [9.17, 15) is 4.79 Å². The lowest BCUT2D eigenvalue weighted by Gasteiger charge is -2.04. The fraction of sp³-hybridized carbons (Fsp3) is 0.947. The summed E-state index contributed by atoms with van der Waals surface area (Å²) in [6, 6.07) is 0. The average Bonchev–Trinajstić information content (AvgIpc) is 2.57. The first-order valence-electron chi connectivity index (χ1n) is 9.88. The molecule has 0 aliphatic rings. The van der Waals surface area contributed by atoms with E-state index in [0.29, 0.717) is 6.61 Å². The number of ether oxygens (including phenoxy) is 1. The molecule has 1 amide bonds. The molecule has 4 heteroatoms. The van der Waals surface area contributed by atoms with Gasteiger partial charge in [-0.15, -0.1) is 0 Å². The van der Waals surface area contributed by atoms with Gasteiger partial charge in [0.2, 0.25) is 0 Å². The summed E-state index contributed by atoms with van der Waals surface area (Å²) in [5.41, 5.74) is 1.46. The van der Waals surface area contributed by atoms with Crippen molar-refractivity contribution < 1.29 is 14.7 Å². The van der Waals surface area contributed by atoms with Crippen molar-refractivity contribution in [2.45, 2.75) is 110 Å².